The van der Waals surface area contributed by atoms with Crippen LogP contribution in [0.15, 0.2) is 54.7 Å². The Morgan fingerprint density at radius 1 is 1.18 bits per heavy atom. The molecule has 2 atom stereocenters. The lowest BCUT2D eigenvalue weighted by Crippen LogP contribution is -2.45. The first-order chi connectivity index (χ1) is 18.5. The quantitative estimate of drug-likeness (QED) is 0.376. The van der Waals surface area contributed by atoms with E-state index in [0.717, 1.165) is 23.8 Å². The van der Waals surface area contributed by atoms with Gasteiger partial charge in [-0.3, -0.25) is 4.79 Å². The maximum atomic E-state index is 14.7. The third-order valence-electron chi connectivity index (χ3n) is 5.94. The number of halogens is 2. The summed E-state index contributed by atoms with van der Waals surface area (Å²) in [5.74, 6) is -1.81. The molecule has 0 bridgehead atoms. The Bertz CT molecular complexity index is 1210. The normalized spacial score (nSPS) is 12.7. The summed E-state index contributed by atoms with van der Waals surface area (Å²) in [7, 11) is 3.25. The fourth-order valence-electron chi connectivity index (χ4n) is 4.26. The summed E-state index contributed by atoms with van der Waals surface area (Å²) in [6.45, 7) is 5.12. The predicted octanol–water partition coefficient (Wildman–Crippen LogP) is 3.83. The van der Waals surface area contributed by atoms with E-state index in [1.807, 2.05) is 51.1 Å². The molecule has 0 aliphatic heterocycles. The molecule has 3 rings (SSSR count). The molecule has 3 aromatic rings. The Labute approximate surface area is 228 Å². The Morgan fingerprint density at radius 3 is 2.38 bits per heavy atom. The lowest BCUT2D eigenvalue weighted by atomic mass is 9.81. The third kappa shape index (κ3) is 8.77. The zero-order chi connectivity index (χ0) is 29.2. The lowest BCUT2D eigenvalue weighted by molar-refractivity contribution is -0.139. The molecule has 0 fully saturated rings. The fraction of sp³-hybridized carbons (Fsp3) is 0.414. The molecule has 39 heavy (non-hydrogen) atoms. The molecule has 2 unspecified atom stereocenters. The lowest BCUT2D eigenvalue weighted by Gasteiger charge is -2.40. The topological polar surface area (TPSA) is 111 Å². The Hall–Kier alpha value is -3.47. The van der Waals surface area contributed by atoms with Crippen LogP contribution in [0.5, 0.6) is 0 Å². The first-order valence-corrected chi connectivity index (χ1v) is 12.6. The first-order valence-electron chi connectivity index (χ1n) is 12.6. The number of aldehydes is 1. The van der Waals surface area contributed by atoms with E-state index in [2.05, 4.69) is 9.84 Å². The fourth-order valence-corrected chi connectivity index (χ4v) is 4.26. The summed E-state index contributed by atoms with van der Waals surface area (Å²) in [5, 5.41) is 14.4. The summed E-state index contributed by atoms with van der Waals surface area (Å²) in [6.07, 6.45) is 2.86. The third-order valence-corrected chi connectivity index (χ3v) is 5.94. The number of amides is 1. The molecular weight excluding hydrogens is 506 g/mol. The number of aromatic nitrogens is 2. The summed E-state index contributed by atoms with van der Waals surface area (Å²) in [5.41, 5.74) is 7.30. The van der Waals surface area contributed by atoms with Gasteiger partial charge in [-0.15, -0.1) is 0 Å². The van der Waals surface area contributed by atoms with E-state index < -0.39 is 41.6 Å². The molecule has 0 radical (unpaired) electrons. The Balaban J connectivity index is 0.00000170. The highest BCUT2D eigenvalue weighted by Gasteiger charge is 2.38. The number of hydrogen-bond donors (Lipinski definition) is 2. The number of carbonyl (C=O) groups is 2. The molecule has 0 aliphatic rings. The average molecular weight is 545 g/mol. The van der Waals surface area contributed by atoms with Crippen LogP contribution in [-0.2, 0) is 20.7 Å². The van der Waals surface area contributed by atoms with Gasteiger partial charge in [0.1, 0.15) is 30.2 Å². The highest BCUT2D eigenvalue weighted by molar-refractivity contribution is 5.78. The smallest absolute Gasteiger partial charge is 0.248 e. The number of hydrogen-bond acceptors (Lipinski definition) is 6. The Kier molecular flexibility index (Phi) is 11.9. The SMILES string of the molecule is CC(C)(C)C(c1nn(-c2cc(F)ccc2F)cc1Cc1ccccc1)N(CCC(N)C=O)C(=O)CO.COC. The molecule has 212 valence electrons. The number of carbonyl (C=O) groups excluding carboxylic acids is 2. The van der Waals surface area contributed by atoms with Crippen molar-refractivity contribution in [2.45, 2.75) is 45.7 Å². The van der Waals surface area contributed by atoms with Gasteiger partial charge in [-0.25, -0.2) is 13.5 Å². The van der Waals surface area contributed by atoms with Crippen molar-refractivity contribution < 1.29 is 28.2 Å². The van der Waals surface area contributed by atoms with E-state index in [1.165, 1.54) is 9.58 Å². The van der Waals surface area contributed by atoms with Crippen LogP contribution in [0, 0.1) is 17.0 Å². The number of nitrogens with two attached hydrogens (primary N) is 1. The van der Waals surface area contributed by atoms with Crippen molar-refractivity contribution in [3.8, 4) is 5.69 Å². The molecule has 0 saturated carbocycles. The summed E-state index contributed by atoms with van der Waals surface area (Å²) >= 11 is 0. The maximum Gasteiger partial charge on any atom is 0.248 e. The molecule has 3 N–H and O–H groups in total. The van der Waals surface area contributed by atoms with Crippen LogP contribution in [0.3, 0.4) is 0 Å². The van der Waals surface area contributed by atoms with Crippen LogP contribution < -0.4 is 5.73 Å². The largest absolute Gasteiger partial charge is 0.388 e. The molecule has 1 aromatic heterocycles. The highest BCUT2D eigenvalue weighted by atomic mass is 19.1. The van der Waals surface area contributed by atoms with Gasteiger partial charge in [0.2, 0.25) is 5.91 Å². The summed E-state index contributed by atoms with van der Waals surface area (Å²) in [6, 6.07) is 11.3. The van der Waals surface area contributed by atoms with Crippen LogP contribution in [0.4, 0.5) is 8.78 Å². The highest BCUT2D eigenvalue weighted by Crippen LogP contribution is 2.40. The Morgan fingerprint density at radius 2 is 1.82 bits per heavy atom. The van der Waals surface area contributed by atoms with E-state index >= 15 is 0 Å². The van der Waals surface area contributed by atoms with Gasteiger partial charge in [-0.05, 0) is 29.5 Å². The number of aliphatic hydroxyl groups excluding tert-OH is 1. The van der Waals surface area contributed by atoms with Crippen molar-refractivity contribution in [2.75, 3.05) is 27.4 Å². The summed E-state index contributed by atoms with van der Waals surface area (Å²) < 4.78 is 34.2. The minimum atomic E-state index is -0.776. The molecule has 0 saturated heterocycles. The van der Waals surface area contributed by atoms with E-state index in [-0.39, 0.29) is 18.7 Å². The van der Waals surface area contributed by atoms with E-state index in [9.17, 15) is 23.5 Å². The standard InChI is InChI=1S/C27H32F2N4O3.C2H6O/c1-27(2,3)26(32(24(36)17-35)12-11-21(30)16-34)25-19(13-18-7-5-4-6-8-18)15-33(31-25)23-14-20(28)9-10-22(23)29;1-3-2/h4-10,14-16,21,26,35H,11-13,17,30H2,1-3H3;1-2H3. The molecule has 1 amide bonds. The van der Waals surface area contributed by atoms with Crippen molar-refractivity contribution in [2.24, 2.45) is 11.1 Å². The monoisotopic (exact) mass is 544 g/mol. The van der Waals surface area contributed by atoms with Crippen LogP contribution in [0.1, 0.15) is 50.1 Å². The second kappa shape index (κ2) is 14.6. The number of ether oxygens (including phenoxy) is 1. The second-order valence-electron chi connectivity index (χ2n) is 10.3. The van der Waals surface area contributed by atoms with Crippen molar-refractivity contribution in [3.05, 3.63) is 83.2 Å². The van der Waals surface area contributed by atoms with Crippen LogP contribution in [-0.4, -0.2) is 65.4 Å². The van der Waals surface area contributed by atoms with Crippen molar-refractivity contribution >= 4 is 12.2 Å². The number of methoxy groups -OCH3 is 1. The number of nitrogens with zero attached hydrogens (tertiary/aromatic N) is 3. The van der Waals surface area contributed by atoms with E-state index in [0.29, 0.717) is 24.0 Å². The number of rotatable bonds is 10. The zero-order valence-corrected chi connectivity index (χ0v) is 23.1. The minimum absolute atomic E-state index is 0.0637. The van der Waals surface area contributed by atoms with Gasteiger partial charge in [0.15, 0.2) is 0 Å². The van der Waals surface area contributed by atoms with Gasteiger partial charge in [0.05, 0.1) is 17.8 Å². The van der Waals surface area contributed by atoms with Crippen molar-refractivity contribution in [1.82, 2.24) is 14.7 Å². The molecular formula is C29H38F2N4O4. The molecule has 10 heteroatoms. The average Bonchev–Trinajstić information content (AvgIpc) is 3.29. The van der Waals surface area contributed by atoms with E-state index in [1.54, 1.807) is 20.4 Å². The van der Waals surface area contributed by atoms with Crippen LogP contribution >= 0.6 is 0 Å². The van der Waals surface area contributed by atoms with Gasteiger partial charge in [0.25, 0.3) is 0 Å². The van der Waals surface area contributed by atoms with Gasteiger partial charge < -0.3 is 25.3 Å². The van der Waals surface area contributed by atoms with Crippen LogP contribution in [0.2, 0.25) is 0 Å². The molecule has 0 spiro atoms. The van der Waals surface area contributed by atoms with Gasteiger partial charge in [-0.2, -0.15) is 5.10 Å². The minimum Gasteiger partial charge on any atom is -0.388 e. The van der Waals surface area contributed by atoms with E-state index in [4.69, 9.17) is 5.73 Å². The van der Waals surface area contributed by atoms with Gasteiger partial charge in [-0.1, -0.05) is 51.1 Å². The van der Waals surface area contributed by atoms with Crippen molar-refractivity contribution in [1.29, 1.82) is 0 Å². The van der Waals surface area contributed by atoms with Gasteiger partial charge >= 0.3 is 0 Å². The second-order valence-corrected chi connectivity index (χ2v) is 10.3. The predicted molar refractivity (Wildman–Crippen MR) is 145 cm³/mol. The molecule has 0 aliphatic carbocycles. The first kappa shape index (κ1) is 31.7. The maximum absolute atomic E-state index is 14.7. The molecule has 8 nitrogen and oxygen atoms in total. The molecule has 2 aromatic carbocycles. The summed E-state index contributed by atoms with van der Waals surface area (Å²) in [4.78, 5) is 25.5. The number of aliphatic hydroxyl groups is 1. The molecule has 1 heterocycles. The number of benzene rings is 2. The zero-order valence-electron chi connectivity index (χ0n) is 23.1. The van der Waals surface area contributed by atoms with Gasteiger partial charge in [0, 0.05) is 45.0 Å². The van der Waals surface area contributed by atoms with Crippen LogP contribution in [0.25, 0.3) is 5.69 Å². The van der Waals surface area contributed by atoms with Crippen molar-refractivity contribution in [3.63, 3.8) is 0 Å².